The Hall–Kier alpha value is -0.250. The summed E-state index contributed by atoms with van der Waals surface area (Å²) in [5.41, 5.74) is -0.498. The van der Waals surface area contributed by atoms with Crippen molar-refractivity contribution in [2.24, 2.45) is 0 Å². The van der Waals surface area contributed by atoms with Crippen LogP contribution >= 0.6 is 0 Å². The van der Waals surface area contributed by atoms with Crippen molar-refractivity contribution in [1.82, 2.24) is 14.9 Å². The van der Waals surface area contributed by atoms with Gasteiger partial charge < -0.3 is 14.8 Å². The van der Waals surface area contributed by atoms with E-state index in [4.69, 9.17) is 9.47 Å². The second-order valence-corrected chi connectivity index (χ2v) is 7.35. The van der Waals surface area contributed by atoms with E-state index < -0.39 is 15.6 Å². The third kappa shape index (κ3) is 4.64. The molecule has 0 amide bonds. The lowest BCUT2D eigenvalue weighted by Crippen LogP contribution is -2.48. The molecule has 0 aromatic rings. The highest BCUT2D eigenvalue weighted by Crippen LogP contribution is 2.21. The van der Waals surface area contributed by atoms with Gasteiger partial charge in [0.1, 0.15) is 5.60 Å². The summed E-state index contributed by atoms with van der Waals surface area (Å²) in [4.78, 5) is 2.17. The molecule has 1 atom stereocenters. The number of ether oxygens (including phenoxy) is 2. The summed E-state index contributed by atoms with van der Waals surface area (Å²) in [6.07, 6.45) is 0.726. The Morgan fingerprint density at radius 1 is 1.40 bits per heavy atom. The van der Waals surface area contributed by atoms with E-state index in [2.05, 4.69) is 14.9 Å². The monoisotopic (exact) mass is 307 g/mol. The molecule has 2 saturated heterocycles. The van der Waals surface area contributed by atoms with Crippen LogP contribution in [0.5, 0.6) is 0 Å². The van der Waals surface area contributed by atoms with Gasteiger partial charge in [-0.3, -0.25) is 4.90 Å². The van der Waals surface area contributed by atoms with E-state index in [1.54, 1.807) is 7.11 Å². The number of nitrogens with zero attached hydrogens (tertiary/aromatic N) is 1. The van der Waals surface area contributed by atoms with E-state index in [9.17, 15) is 8.42 Å². The molecule has 2 aliphatic rings. The van der Waals surface area contributed by atoms with Crippen LogP contribution < -0.4 is 10.0 Å². The Balaban J connectivity index is 1.75. The molecule has 1 unspecified atom stereocenters. The van der Waals surface area contributed by atoms with Crippen LogP contribution in [-0.2, 0) is 19.5 Å². The van der Waals surface area contributed by atoms with Crippen molar-refractivity contribution >= 4 is 10.0 Å². The highest BCUT2D eigenvalue weighted by atomic mass is 32.2. The zero-order valence-corrected chi connectivity index (χ0v) is 12.9. The van der Waals surface area contributed by atoms with E-state index in [0.29, 0.717) is 19.8 Å². The minimum Gasteiger partial charge on any atom is -0.378 e. The first-order valence-corrected chi connectivity index (χ1v) is 8.74. The van der Waals surface area contributed by atoms with Gasteiger partial charge in [-0.05, 0) is 0 Å². The van der Waals surface area contributed by atoms with Gasteiger partial charge in [0.05, 0.1) is 12.4 Å². The fraction of sp³-hybridized carbons (Fsp3) is 1.00. The largest absolute Gasteiger partial charge is 0.378 e. The molecular weight excluding hydrogens is 282 g/mol. The second kappa shape index (κ2) is 7.15. The lowest BCUT2D eigenvalue weighted by atomic mass is 10.0. The number of sulfonamides is 1. The van der Waals surface area contributed by atoms with Crippen molar-refractivity contribution < 1.29 is 17.9 Å². The highest BCUT2D eigenvalue weighted by Gasteiger charge is 2.35. The molecule has 118 valence electrons. The Morgan fingerprint density at radius 2 is 2.15 bits per heavy atom. The molecule has 8 heteroatoms. The van der Waals surface area contributed by atoms with Gasteiger partial charge in [-0.25, -0.2) is 13.1 Å². The molecule has 2 aliphatic heterocycles. The number of methoxy groups -OCH3 is 1. The SMILES string of the molecule is COC1(CNS(=O)(=O)CCN2CCNCC2)CCOC1. The predicted octanol–water partition coefficient (Wildman–Crippen LogP) is -1.38. The first kappa shape index (κ1) is 16.1. The lowest BCUT2D eigenvalue weighted by molar-refractivity contribution is -0.0120. The topological polar surface area (TPSA) is 79.9 Å². The van der Waals surface area contributed by atoms with Crippen LogP contribution in [-0.4, -0.2) is 84.3 Å². The van der Waals surface area contributed by atoms with Crippen LogP contribution in [0.25, 0.3) is 0 Å². The molecule has 0 radical (unpaired) electrons. The van der Waals surface area contributed by atoms with Crippen LogP contribution in [0.2, 0.25) is 0 Å². The molecule has 7 nitrogen and oxygen atoms in total. The van der Waals surface area contributed by atoms with Crippen LogP contribution in [0, 0.1) is 0 Å². The van der Waals surface area contributed by atoms with E-state index in [0.717, 1.165) is 32.6 Å². The molecule has 0 aromatic heterocycles. The quantitative estimate of drug-likeness (QED) is 0.603. The number of nitrogens with one attached hydrogen (secondary N) is 2. The maximum atomic E-state index is 12.0. The van der Waals surface area contributed by atoms with Crippen LogP contribution in [0.15, 0.2) is 0 Å². The molecule has 2 fully saturated rings. The average Bonchev–Trinajstić information content (AvgIpc) is 2.94. The first-order valence-electron chi connectivity index (χ1n) is 7.09. The van der Waals surface area contributed by atoms with E-state index >= 15 is 0 Å². The summed E-state index contributed by atoms with van der Waals surface area (Å²) in [5.74, 6) is 0.133. The Kier molecular flexibility index (Phi) is 5.76. The zero-order valence-electron chi connectivity index (χ0n) is 12.1. The second-order valence-electron chi connectivity index (χ2n) is 5.42. The minimum absolute atomic E-state index is 0.133. The van der Waals surface area contributed by atoms with E-state index in [1.807, 2.05) is 0 Å². The lowest BCUT2D eigenvalue weighted by Gasteiger charge is -2.28. The van der Waals surface area contributed by atoms with Crippen molar-refractivity contribution in [3.05, 3.63) is 0 Å². The van der Waals surface area contributed by atoms with Gasteiger partial charge in [-0.15, -0.1) is 0 Å². The van der Waals surface area contributed by atoms with Gasteiger partial charge in [0.2, 0.25) is 10.0 Å². The summed E-state index contributed by atoms with van der Waals surface area (Å²) >= 11 is 0. The van der Waals surface area contributed by atoms with Gasteiger partial charge in [0.15, 0.2) is 0 Å². The fourth-order valence-electron chi connectivity index (χ4n) is 2.46. The average molecular weight is 307 g/mol. The van der Waals surface area contributed by atoms with Crippen molar-refractivity contribution in [3.8, 4) is 0 Å². The third-order valence-corrected chi connectivity index (χ3v) is 5.30. The Morgan fingerprint density at radius 3 is 2.75 bits per heavy atom. The molecule has 0 aromatic carbocycles. The normalized spacial score (nSPS) is 28.9. The van der Waals surface area contributed by atoms with E-state index in [-0.39, 0.29) is 12.3 Å². The number of hydrogen-bond acceptors (Lipinski definition) is 6. The zero-order chi connectivity index (χ0) is 14.5. The summed E-state index contributed by atoms with van der Waals surface area (Å²) in [6, 6.07) is 0. The highest BCUT2D eigenvalue weighted by molar-refractivity contribution is 7.89. The molecule has 0 spiro atoms. The summed E-state index contributed by atoms with van der Waals surface area (Å²) < 4.78 is 37.4. The van der Waals surface area contributed by atoms with Crippen molar-refractivity contribution in [1.29, 1.82) is 0 Å². The summed E-state index contributed by atoms with van der Waals surface area (Å²) in [6.45, 7) is 5.60. The van der Waals surface area contributed by atoms with Gasteiger partial charge in [-0.1, -0.05) is 0 Å². The maximum absolute atomic E-state index is 12.0. The van der Waals surface area contributed by atoms with Crippen LogP contribution in [0.4, 0.5) is 0 Å². The summed E-state index contributed by atoms with van der Waals surface area (Å²) in [5, 5.41) is 3.25. The van der Waals surface area contributed by atoms with Gasteiger partial charge in [0.25, 0.3) is 0 Å². The van der Waals surface area contributed by atoms with Crippen LogP contribution in [0.3, 0.4) is 0 Å². The van der Waals surface area contributed by atoms with Crippen molar-refractivity contribution in [3.63, 3.8) is 0 Å². The van der Waals surface area contributed by atoms with Gasteiger partial charge >= 0.3 is 0 Å². The molecule has 20 heavy (non-hydrogen) atoms. The molecule has 0 aliphatic carbocycles. The smallest absolute Gasteiger partial charge is 0.212 e. The van der Waals surface area contributed by atoms with E-state index in [1.165, 1.54) is 0 Å². The summed E-state index contributed by atoms with van der Waals surface area (Å²) in [7, 11) is -1.66. The Labute approximate surface area is 121 Å². The molecular formula is C12H25N3O4S. The molecule has 0 bridgehead atoms. The van der Waals surface area contributed by atoms with Crippen LogP contribution in [0.1, 0.15) is 6.42 Å². The third-order valence-electron chi connectivity index (χ3n) is 4.00. The predicted molar refractivity (Wildman–Crippen MR) is 76.3 cm³/mol. The standard InChI is InChI=1S/C12H25N3O4S/c1-18-12(2-8-19-11-12)10-14-20(16,17)9-7-15-5-3-13-4-6-15/h13-14H,2-11H2,1H3. The molecule has 2 rings (SSSR count). The van der Waals surface area contributed by atoms with Crippen molar-refractivity contribution in [2.75, 3.05) is 65.3 Å². The number of hydrogen-bond donors (Lipinski definition) is 2. The van der Waals surface area contributed by atoms with Gasteiger partial charge in [-0.2, -0.15) is 0 Å². The molecule has 2 heterocycles. The minimum atomic E-state index is -3.26. The number of piperazine rings is 1. The number of rotatable bonds is 7. The fourth-order valence-corrected chi connectivity index (χ4v) is 3.58. The van der Waals surface area contributed by atoms with Gasteiger partial charge in [0, 0.05) is 59.4 Å². The molecule has 0 saturated carbocycles. The Bertz CT molecular complexity index is 390. The van der Waals surface area contributed by atoms with Crippen molar-refractivity contribution in [2.45, 2.75) is 12.0 Å². The molecule has 2 N–H and O–H groups in total. The first-order chi connectivity index (χ1) is 9.55. The maximum Gasteiger partial charge on any atom is 0.212 e.